The minimum Gasteiger partial charge on any atom is -0.486 e. The van der Waals surface area contributed by atoms with Gasteiger partial charge in [-0.05, 0) is 47.7 Å². The molecule has 0 aromatic heterocycles. The highest BCUT2D eigenvalue weighted by atomic mass is 19.2. The van der Waals surface area contributed by atoms with E-state index < -0.39 is 11.6 Å². The summed E-state index contributed by atoms with van der Waals surface area (Å²) >= 11 is 0. The van der Waals surface area contributed by atoms with Crippen LogP contribution < -0.4 is 4.74 Å². The molecule has 0 radical (unpaired) electrons. The van der Waals surface area contributed by atoms with Crippen LogP contribution in [0.15, 0.2) is 79.9 Å². The normalized spacial score (nSPS) is 18.0. The minimum absolute atomic E-state index is 0.0803. The molecular weight excluding hydrogens is 425 g/mol. The summed E-state index contributed by atoms with van der Waals surface area (Å²) in [5.74, 6) is -2.22. The van der Waals surface area contributed by atoms with Crippen molar-refractivity contribution in [3.05, 3.63) is 103 Å². The average Bonchev–Trinajstić information content (AvgIpc) is 2.85. The van der Waals surface area contributed by atoms with Crippen LogP contribution in [0.1, 0.15) is 24.5 Å². The zero-order valence-electron chi connectivity index (χ0n) is 18.2. The molecule has 0 spiro atoms. The summed E-state index contributed by atoms with van der Waals surface area (Å²) in [4.78, 5) is 0. The van der Waals surface area contributed by atoms with Gasteiger partial charge in [0, 0.05) is 17.0 Å². The number of ether oxygens (including phenoxy) is 2. The molecule has 2 nitrogen and oxygen atoms in total. The van der Waals surface area contributed by atoms with E-state index in [-0.39, 0.29) is 29.8 Å². The lowest BCUT2D eigenvalue weighted by Crippen LogP contribution is -2.19. The van der Waals surface area contributed by atoms with E-state index in [1.807, 2.05) is 12.1 Å². The van der Waals surface area contributed by atoms with Crippen molar-refractivity contribution in [2.45, 2.75) is 18.9 Å². The molecule has 170 valence electrons. The van der Waals surface area contributed by atoms with Gasteiger partial charge >= 0.3 is 0 Å². The molecule has 1 aliphatic heterocycles. The monoisotopic (exact) mass is 450 g/mol. The van der Waals surface area contributed by atoms with Crippen LogP contribution in [-0.2, 0) is 4.74 Å². The third kappa shape index (κ3) is 4.88. The smallest absolute Gasteiger partial charge is 0.201 e. The van der Waals surface area contributed by atoms with E-state index in [1.165, 1.54) is 24.3 Å². The molecule has 0 saturated carbocycles. The molecule has 3 aromatic carbocycles. The quantitative estimate of drug-likeness (QED) is 0.344. The fourth-order valence-electron chi connectivity index (χ4n) is 4.03. The summed E-state index contributed by atoms with van der Waals surface area (Å²) in [7, 11) is 0. The molecule has 1 saturated heterocycles. The first-order chi connectivity index (χ1) is 16.0. The average molecular weight is 451 g/mol. The fraction of sp³-hybridized carbons (Fsp3) is 0.214. The van der Waals surface area contributed by atoms with E-state index in [9.17, 15) is 13.2 Å². The van der Waals surface area contributed by atoms with Gasteiger partial charge in [0.15, 0.2) is 11.6 Å². The van der Waals surface area contributed by atoms with Crippen LogP contribution >= 0.6 is 0 Å². The lowest BCUT2D eigenvalue weighted by molar-refractivity contribution is -0.00528. The Labute approximate surface area is 192 Å². The Bertz CT molecular complexity index is 1150. The van der Waals surface area contributed by atoms with Gasteiger partial charge in [-0.2, -0.15) is 4.39 Å². The summed E-state index contributed by atoms with van der Waals surface area (Å²) in [5, 5.41) is 0. The molecule has 0 aliphatic carbocycles. The maximum absolute atomic E-state index is 14.9. The van der Waals surface area contributed by atoms with Crippen molar-refractivity contribution >= 4 is 0 Å². The Balaban J connectivity index is 1.53. The lowest BCUT2D eigenvalue weighted by atomic mass is 9.93. The second kappa shape index (κ2) is 10.1. The van der Waals surface area contributed by atoms with Crippen molar-refractivity contribution in [1.29, 1.82) is 0 Å². The third-order valence-corrected chi connectivity index (χ3v) is 5.92. The van der Waals surface area contributed by atoms with Gasteiger partial charge < -0.3 is 9.47 Å². The Morgan fingerprint density at radius 3 is 2.18 bits per heavy atom. The van der Waals surface area contributed by atoms with Crippen LogP contribution in [0.25, 0.3) is 22.3 Å². The molecule has 1 aliphatic rings. The molecule has 0 amide bonds. The number of rotatable bonds is 7. The second-order valence-electron chi connectivity index (χ2n) is 8.05. The van der Waals surface area contributed by atoms with Crippen LogP contribution in [-0.4, -0.2) is 13.2 Å². The van der Waals surface area contributed by atoms with Gasteiger partial charge in [0.25, 0.3) is 0 Å². The van der Waals surface area contributed by atoms with Crippen LogP contribution in [0.4, 0.5) is 13.2 Å². The minimum atomic E-state index is -1.05. The van der Waals surface area contributed by atoms with Crippen molar-refractivity contribution in [2.24, 2.45) is 5.92 Å². The first-order valence-corrected chi connectivity index (χ1v) is 10.9. The van der Waals surface area contributed by atoms with E-state index in [0.717, 1.165) is 18.4 Å². The maximum Gasteiger partial charge on any atom is 0.201 e. The number of hydrogen-bond acceptors (Lipinski definition) is 2. The van der Waals surface area contributed by atoms with Crippen molar-refractivity contribution < 1.29 is 22.6 Å². The Morgan fingerprint density at radius 2 is 1.58 bits per heavy atom. The largest absolute Gasteiger partial charge is 0.486 e. The molecule has 2 unspecified atom stereocenters. The van der Waals surface area contributed by atoms with Crippen molar-refractivity contribution in [3.63, 3.8) is 0 Å². The van der Waals surface area contributed by atoms with Crippen molar-refractivity contribution in [3.8, 4) is 28.0 Å². The van der Waals surface area contributed by atoms with Crippen molar-refractivity contribution in [2.75, 3.05) is 13.2 Å². The molecule has 4 rings (SSSR count). The molecular formula is C28H25F3O2. The van der Waals surface area contributed by atoms with E-state index in [1.54, 1.807) is 30.3 Å². The molecule has 5 heteroatoms. The van der Waals surface area contributed by atoms with Crippen molar-refractivity contribution in [1.82, 2.24) is 0 Å². The standard InChI is InChI=1S/C28H25F3O2/c1-3-15-32-26-14-12-23(27(30)28(26)31)20-8-6-19(7-9-20)22-11-10-21(16-24(22)29)25-13-5-18(4-2)17-33-25/h3-4,6-12,14,16,18,25H,1-2,5,13,15,17H2. The second-order valence-corrected chi connectivity index (χ2v) is 8.05. The number of benzene rings is 3. The fourth-order valence-corrected chi connectivity index (χ4v) is 4.03. The zero-order chi connectivity index (χ0) is 23.4. The summed E-state index contributed by atoms with van der Waals surface area (Å²) in [6, 6.07) is 14.6. The van der Waals surface area contributed by atoms with Gasteiger partial charge in [0.2, 0.25) is 5.82 Å². The highest BCUT2D eigenvalue weighted by molar-refractivity contribution is 5.71. The van der Waals surface area contributed by atoms with Gasteiger partial charge in [-0.3, -0.25) is 0 Å². The molecule has 0 N–H and O–H groups in total. The molecule has 1 fully saturated rings. The van der Waals surface area contributed by atoms with Gasteiger partial charge in [-0.1, -0.05) is 55.1 Å². The highest BCUT2D eigenvalue weighted by Crippen LogP contribution is 2.35. The molecule has 2 atom stereocenters. The molecule has 33 heavy (non-hydrogen) atoms. The summed E-state index contributed by atoms with van der Waals surface area (Å²) in [5.41, 5.74) is 2.48. The van der Waals surface area contributed by atoms with E-state index in [0.29, 0.717) is 29.2 Å². The van der Waals surface area contributed by atoms with E-state index in [2.05, 4.69) is 13.2 Å². The van der Waals surface area contributed by atoms with E-state index >= 15 is 0 Å². The number of hydrogen-bond donors (Lipinski definition) is 0. The van der Waals surface area contributed by atoms with E-state index in [4.69, 9.17) is 9.47 Å². The number of halogens is 3. The Hall–Kier alpha value is -3.31. The summed E-state index contributed by atoms with van der Waals surface area (Å²) in [6.07, 6.45) is 5.02. The molecule has 1 heterocycles. The maximum atomic E-state index is 14.9. The first-order valence-electron chi connectivity index (χ1n) is 10.9. The summed E-state index contributed by atoms with van der Waals surface area (Å²) < 4.78 is 54.8. The predicted octanol–water partition coefficient (Wildman–Crippen LogP) is 7.66. The Kier molecular flexibility index (Phi) is 6.99. The van der Waals surface area contributed by atoms with Gasteiger partial charge in [0.1, 0.15) is 12.4 Å². The zero-order valence-corrected chi connectivity index (χ0v) is 18.2. The molecule has 0 bridgehead atoms. The Morgan fingerprint density at radius 1 is 0.879 bits per heavy atom. The van der Waals surface area contributed by atoms with Crippen LogP contribution in [0.5, 0.6) is 5.75 Å². The van der Waals surface area contributed by atoms with Crippen LogP contribution in [0, 0.1) is 23.4 Å². The van der Waals surface area contributed by atoms with Crippen LogP contribution in [0.3, 0.4) is 0 Å². The highest BCUT2D eigenvalue weighted by Gasteiger charge is 2.22. The van der Waals surface area contributed by atoms with Gasteiger partial charge in [-0.15, -0.1) is 6.58 Å². The van der Waals surface area contributed by atoms with Crippen LogP contribution in [0.2, 0.25) is 0 Å². The molecule has 3 aromatic rings. The predicted molar refractivity (Wildman–Crippen MR) is 124 cm³/mol. The lowest BCUT2D eigenvalue weighted by Gasteiger charge is -2.27. The topological polar surface area (TPSA) is 18.5 Å². The van der Waals surface area contributed by atoms with Gasteiger partial charge in [0.05, 0.1) is 12.7 Å². The SMILES string of the molecule is C=CCOc1ccc(-c2ccc(-c3ccc(C4CCC(C=C)CO4)cc3F)cc2)c(F)c1F. The first kappa shape index (κ1) is 22.9. The summed E-state index contributed by atoms with van der Waals surface area (Å²) in [6.45, 7) is 7.97. The third-order valence-electron chi connectivity index (χ3n) is 5.92. The van der Waals surface area contributed by atoms with Gasteiger partial charge in [-0.25, -0.2) is 8.78 Å².